The second-order valence-electron chi connectivity index (χ2n) is 5.09. The molecule has 1 saturated heterocycles. The SMILES string of the molecule is Brc1ccc(O[C@H]2CCCNC2)c(-c2ccccc2)c1. The maximum Gasteiger partial charge on any atom is 0.127 e. The molecule has 2 aromatic carbocycles. The third kappa shape index (κ3) is 3.22. The molecule has 2 aromatic rings. The van der Waals surface area contributed by atoms with Crippen molar-refractivity contribution in [2.75, 3.05) is 13.1 Å². The molecule has 1 aliphatic rings. The van der Waals surface area contributed by atoms with Crippen molar-refractivity contribution >= 4 is 15.9 Å². The first kappa shape index (κ1) is 13.7. The summed E-state index contributed by atoms with van der Waals surface area (Å²) in [6.07, 6.45) is 2.58. The lowest BCUT2D eigenvalue weighted by atomic mass is 10.0. The first-order valence-electron chi connectivity index (χ1n) is 7.05. The number of nitrogens with one attached hydrogen (secondary N) is 1. The van der Waals surface area contributed by atoms with E-state index in [2.05, 4.69) is 57.6 Å². The zero-order valence-electron chi connectivity index (χ0n) is 11.3. The van der Waals surface area contributed by atoms with Gasteiger partial charge >= 0.3 is 0 Å². The number of ether oxygens (including phenoxy) is 1. The van der Waals surface area contributed by atoms with Gasteiger partial charge in [0.2, 0.25) is 0 Å². The molecular formula is C17H18BrNO. The van der Waals surface area contributed by atoms with Gasteiger partial charge in [-0.3, -0.25) is 0 Å². The highest BCUT2D eigenvalue weighted by atomic mass is 79.9. The first-order valence-corrected chi connectivity index (χ1v) is 7.84. The van der Waals surface area contributed by atoms with Crippen LogP contribution in [0.25, 0.3) is 11.1 Å². The van der Waals surface area contributed by atoms with E-state index in [0.29, 0.717) is 0 Å². The molecule has 0 aromatic heterocycles. The molecule has 0 aliphatic carbocycles. The monoisotopic (exact) mass is 331 g/mol. The maximum atomic E-state index is 6.21. The molecule has 1 fully saturated rings. The molecule has 0 amide bonds. The van der Waals surface area contributed by atoms with Crippen LogP contribution in [0.2, 0.25) is 0 Å². The fraction of sp³-hybridized carbons (Fsp3) is 0.294. The second kappa shape index (κ2) is 6.42. The molecule has 0 unspecified atom stereocenters. The lowest BCUT2D eigenvalue weighted by Crippen LogP contribution is -2.37. The van der Waals surface area contributed by atoms with Crippen LogP contribution in [0.3, 0.4) is 0 Å². The molecule has 1 atom stereocenters. The molecule has 0 spiro atoms. The Bertz CT molecular complexity index is 564. The van der Waals surface area contributed by atoms with Crippen LogP contribution in [0, 0.1) is 0 Å². The van der Waals surface area contributed by atoms with E-state index in [1.165, 1.54) is 12.0 Å². The predicted octanol–water partition coefficient (Wildman–Crippen LogP) is 4.25. The van der Waals surface area contributed by atoms with Gasteiger partial charge in [-0.2, -0.15) is 0 Å². The van der Waals surface area contributed by atoms with Crippen LogP contribution in [-0.4, -0.2) is 19.2 Å². The van der Waals surface area contributed by atoms with Gasteiger partial charge in [-0.15, -0.1) is 0 Å². The molecule has 0 bridgehead atoms. The van der Waals surface area contributed by atoms with Crippen LogP contribution in [-0.2, 0) is 0 Å². The molecule has 3 heteroatoms. The van der Waals surface area contributed by atoms with E-state index in [-0.39, 0.29) is 6.10 Å². The highest BCUT2D eigenvalue weighted by Gasteiger charge is 2.16. The first-order chi connectivity index (χ1) is 9.83. The fourth-order valence-electron chi connectivity index (χ4n) is 2.55. The Morgan fingerprint density at radius 3 is 2.70 bits per heavy atom. The number of benzene rings is 2. The van der Waals surface area contributed by atoms with Crippen molar-refractivity contribution < 1.29 is 4.74 Å². The number of hydrogen-bond donors (Lipinski definition) is 1. The quantitative estimate of drug-likeness (QED) is 0.907. The van der Waals surface area contributed by atoms with Gasteiger partial charge < -0.3 is 10.1 Å². The smallest absolute Gasteiger partial charge is 0.127 e. The Balaban J connectivity index is 1.90. The van der Waals surface area contributed by atoms with Crippen LogP contribution >= 0.6 is 15.9 Å². The Morgan fingerprint density at radius 2 is 1.95 bits per heavy atom. The highest BCUT2D eigenvalue weighted by molar-refractivity contribution is 9.10. The molecule has 2 nitrogen and oxygen atoms in total. The van der Waals surface area contributed by atoms with Crippen LogP contribution in [0.15, 0.2) is 53.0 Å². The lowest BCUT2D eigenvalue weighted by molar-refractivity contribution is 0.168. The van der Waals surface area contributed by atoms with E-state index < -0.39 is 0 Å². The average Bonchev–Trinajstić information content (AvgIpc) is 2.51. The summed E-state index contributed by atoms with van der Waals surface area (Å²) in [5, 5.41) is 3.39. The summed E-state index contributed by atoms with van der Waals surface area (Å²) in [6.45, 7) is 2.04. The highest BCUT2D eigenvalue weighted by Crippen LogP contribution is 2.33. The van der Waals surface area contributed by atoms with Crippen molar-refractivity contribution in [2.45, 2.75) is 18.9 Å². The normalized spacial score (nSPS) is 18.8. The largest absolute Gasteiger partial charge is 0.488 e. The molecule has 20 heavy (non-hydrogen) atoms. The van der Waals surface area contributed by atoms with E-state index >= 15 is 0 Å². The molecule has 0 saturated carbocycles. The zero-order valence-corrected chi connectivity index (χ0v) is 12.9. The average molecular weight is 332 g/mol. The third-order valence-corrected chi connectivity index (χ3v) is 4.06. The molecule has 3 rings (SSSR count). The Kier molecular flexibility index (Phi) is 4.38. The van der Waals surface area contributed by atoms with Crippen molar-refractivity contribution in [3.8, 4) is 16.9 Å². The number of rotatable bonds is 3. The minimum absolute atomic E-state index is 0.271. The van der Waals surface area contributed by atoms with Gasteiger partial charge in [-0.05, 0) is 43.1 Å². The summed E-state index contributed by atoms with van der Waals surface area (Å²) >= 11 is 3.55. The van der Waals surface area contributed by atoms with Crippen molar-refractivity contribution in [1.82, 2.24) is 5.32 Å². The molecule has 1 N–H and O–H groups in total. The Hall–Kier alpha value is -1.32. The number of hydrogen-bond acceptors (Lipinski definition) is 2. The molecule has 1 aliphatic heterocycles. The van der Waals surface area contributed by atoms with Crippen molar-refractivity contribution in [3.05, 3.63) is 53.0 Å². The minimum atomic E-state index is 0.271. The summed E-state index contributed by atoms with van der Waals surface area (Å²) in [4.78, 5) is 0. The minimum Gasteiger partial charge on any atom is -0.488 e. The van der Waals surface area contributed by atoms with Gasteiger partial charge in [0.15, 0.2) is 0 Å². The topological polar surface area (TPSA) is 21.3 Å². The maximum absolute atomic E-state index is 6.21. The van der Waals surface area contributed by atoms with Gasteiger partial charge in [0.05, 0.1) is 0 Å². The molecule has 104 valence electrons. The van der Waals surface area contributed by atoms with Crippen LogP contribution in [0.5, 0.6) is 5.75 Å². The second-order valence-corrected chi connectivity index (χ2v) is 6.01. The summed E-state index contributed by atoms with van der Waals surface area (Å²) in [5.41, 5.74) is 2.33. The molecule has 0 radical (unpaired) electrons. The van der Waals surface area contributed by atoms with Crippen molar-refractivity contribution in [3.63, 3.8) is 0 Å². The number of halogens is 1. The third-order valence-electron chi connectivity index (χ3n) is 3.57. The van der Waals surface area contributed by atoms with Gasteiger partial charge in [0.25, 0.3) is 0 Å². The fourth-order valence-corrected chi connectivity index (χ4v) is 2.91. The van der Waals surface area contributed by atoms with E-state index in [1.807, 2.05) is 12.1 Å². The van der Waals surface area contributed by atoms with Gasteiger partial charge in [-0.25, -0.2) is 0 Å². The van der Waals surface area contributed by atoms with Crippen LogP contribution in [0.1, 0.15) is 12.8 Å². The predicted molar refractivity (Wildman–Crippen MR) is 86.1 cm³/mol. The van der Waals surface area contributed by atoms with Crippen LogP contribution < -0.4 is 10.1 Å². The Labute approximate surface area is 128 Å². The summed E-state index contributed by atoms with van der Waals surface area (Å²) in [6, 6.07) is 16.6. The van der Waals surface area contributed by atoms with Crippen molar-refractivity contribution in [1.29, 1.82) is 0 Å². The Morgan fingerprint density at radius 1 is 1.10 bits per heavy atom. The summed E-state index contributed by atoms with van der Waals surface area (Å²) in [7, 11) is 0. The van der Waals surface area contributed by atoms with Gasteiger partial charge in [0, 0.05) is 16.6 Å². The number of piperidine rings is 1. The van der Waals surface area contributed by atoms with E-state index in [1.54, 1.807) is 0 Å². The van der Waals surface area contributed by atoms with E-state index in [4.69, 9.17) is 4.74 Å². The standard InChI is InChI=1S/C17H18BrNO/c18-14-8-9-17(20-15-7-4-10-19-12-15)16(11-14)13-5-2-1-3-6-13/h1-3,5-6,8-9,11,15,19H,4,7,10,12H2/t15-/m0/s1. The van der Waals surface area contributed by atoms with E-state index in [0.717, 1.165) is 35.3 Å². The lowest BCUT2D eigenvalue weighted by Gasteiger charge is -2.25. The van der Waals surface area contributed by atoms with Gasteiger partial charge in [0.1, 0.15) is 11.9 Å². The zero-order chi connectivity index (χ0) is 13.8. The van der Waals surface area contributed by atoms with E-state index in [9.17, 15) is 0 Å². The van der Waals surface area contributed by atoms with Crippen LogP contribution in [0.4, 0.5) is 0 Å². The summed E-state index contributed by atoms with van der Waals surface area (Å²) in [5.74, 6) is 0.966. The molecular weight excluding hydrogens is 314 g/mol. The molecule has 1 heterocycles. The summed E-state index contributed by atoms with van der Waals surface area (Å²) < 4.78 is 7.29. The van der Waals surface area contributed by atoms with Crippen molar-refractivity contribution in [2.24, 2.45) is 0 Å². The van der Waals surface area contributed by atoms with Gasteiger partial charge in [-0.1, -0.05) is 46.3 Å².